The fraction of sp³-hybridized carbons (Fsp3) is 0.0833. The second-order valence-electron chi connectivity index (χ2n) is 7.15. The SMILES string of the molecule is COC(=O)c1ccc2ccc3oc4c(C(=O)OC)ccc5ccc6oc1c2c3-c6c54. The van der Waals surface area contributed by atoms with Gasteiger partial charge in [0, 0.05) is 21.9 Å². The third-order valence-corrected chi connectivity index (χ3v) is 5.69. The van der Waals surface area contributed by atoms with Gasteiger partial charge in [-0.05, 0) is 35.0 Å². The molecule has 0 unspecified atom stereocenters. The van der Waals surface area contributed by atoms with E-state index in [1.165, 1.54) is 14.2 Å². The molecule has 6 rings (SSSR count). The van der Waals surface area contributed by atoms with Crippen LogP contribution in [0.25, 0.3) is 55.0 Å². The summed E-state index contributed by atoms with van der Waals surface area (Å²) in [4.78, 5) is 24.7. The number of ether oxygens (including phenoxy) is 2. The summed E-state index contributed by atoms with van der Waals surface area (Å²) >= 11 is 0. The van der Waals surface area contributed by atoms with Crippen molar-refractivity contribution in [2.75, 3.05) is 14.2 Å². The Labute approximate surface area is 169 Å². The lowest BCUT2D eigenvalue weighted by atomic mass is 9.88. The maximum absolute atomic E-state index is 12.4. The number of methoxy groups -OCH3 is 2. The standard InChI is InChI=1S/C24H14O6/c1-27-23(25)13-7-3-11-5-10-16-19-17(11)21(13)29-15-9-6-12-4-8-14(24(26)28-2)22(30-16)18(12)20(15)19/h3-10H,1-2H3. The maximum atomic E-state index is 12.4. The second kappa shape index (κ2) is 5.73. The monoisotopic (exact) mass is 398 g/mol. The van der Waals surface area contributed by atoms with Gasteiger partial charge in [0.25, 0.3) is 0 Å². The smallest absolute Gasteiger partial charge is 0.341 e. The highest BCUT2D eigenvalue weighted by molar-refractivity contribution is 6.26. The van der Waals surface area contributed by atoms with Gasteiger partial charge in [-0.1, -0.05) is 24.3 Å². The summed E-state index contributed by atoms with van der Waals surface area (Å²) in [5.74, 6) is -0.946. The van der Waals surface area contributed by atoms with Crippen LogP contribution in [0.4, 0.5) is 0 Å². The van der Waals surface area contributed by atoms with Crippen molar-refractivity contribution >= 4 is 55.8 Å². The first kappa shape index (κ1) is 16.9. The minimum Gasteiger partial charge on any atom is -0.465 e. The molecule has 0 fully saturated rings. The Morgan fingerprint density at radius 2 is 1.03 bits per heavy atom. The van der Waals surface area contributed by atoms with E-state index in [-0.39, 0.29) is 0 Å². The Balaban J connectivity index is 1.91. The first-order chi connectivity index (χ1) is 14.6. The van der Waals surface area contributed by atoms with Crippen LogP contribution in [0.1, 0.15) is 20.7 Å². The average Bonchev–Trinajstić information content (AvgIpc) is 2.79. The molecule has 0 bridgehead atoms. The minimum absolute atomic E-state index is 0.346. The predicted molar refractivity (Wildman–Crippen MR) is 111 cm³/mol. The molecule has 0 atom stereocenters. The molecule has 0 N–H and O–H groups in total. The maximum Gasteiger partial charge on any atom is 0.341 e. The van der Waals surface area contributed by atoms with E-state index in [2.05, 4.69) is 0 Å². The second-order valence-corrected chi connectivity index (χ2v) is 7.15. The van der Waals surface area contributed by atoms with Crippen LogP contribution in [-0.2, 0) is 9.47 Å². The number of hydrogen-bond acceptors (Lipinski definition) is 6. The summed E-state index contributed by atoms with van der Waals surface area (Å²) in [7, 11) is 2.68. The van der Waals surface area contributed by atoms with Gasteiger partial charge in [0.05, 0.1) is 14.2 Å². The molecule has 4 aromatic carbocycles. The van der Waals surface area contributed by atoms with Crippen LogP contribution >= 0.6 is 0 Å². The molecule has 30 heavy (non-hydrogen) atoms. The molecule has 0 amide bonds. The summed E-state index contributed by atoms with van der Waals surface area (Å²) in [5, 5.41) is 3.39. The predicted octanol–water partition coefficient (Wildman–Crippen LogP) is 5.60. The van der Waals surface area contributed by atoms with Gasteiger partial charge in [0.2, 0.25) is 0 Å². The van der Waals surface area contributed by atoms with E-state index in [4.69, 9.17) is 18.3 Å². The number of carbonyl (C=O) groups is 2. The third kappa shape index (κ3) is 1.97. The van der Waals surface area contributed by atoms with E-state index in [1.54, 1.807) is 12.1 Å². The summed E-state index contributed by atoms with van der Waals surface area (Å²) < 4.78 is 22.4. The van der Waals surface area contributed by atoms with Gasteiger partial charge >= 0.3 is 11.9 Å². The van der Waals surface area contributed by atoms with Crippen LogP contribution in [0.3, 0.4) is 0 Å². The summed E-state index contributed by atoms with van der Waals surface area (Å²) in [6.45, 7) is 0. The van der Waals surface area contributed by atoms with Gasteiger partial charge < -0.3 is 18.3 Å². The summed E-state index contributed by atoms with van der Waals surface area (Å²) in [6.07, 6.45) is 0. The zero-order valence-corrected chi connectivity index (χ0v) is 16.1. The van der Waals surface area contributed by atoms with E-state index in [9.17, 15) is 9.59 Å². The molecule has 0 saturated heterocycles. The van der Waals surface area contributed by atoms with Crippen LogP contribution in [0, 0.1) is 0 Å². The topological polar surface area (TPSA) is 78.9 Å². The van der Waals surface area contributed by atoms with E-state index in [1.807, 2.05) is 36.4 Å². The van der Waals surface area contributed by atoms with Crippen LogP contribution in [0.15, 0.2) is 57.4 Å². The molecule has 2 aliphatic rings. The number of rotatable bonds is 2. The fourth-order valence-electron chi connectivity index (χ4n) is 4.37. The first-order valence-corrected chi connectivity index (χ1v) is 9.34. The van der Waals surface area contributed by atoms with Gasteiger partial charge in [-0.15, -0.1) is 0 Å². The van der Waals surface area contributed by atoms with Gasteiger partial charge in [-0.25, -0.2) is 9.59 Å². The van der Waals surface area contributed by atoms with Crippen molar-refractivity contribution < 1.29 is 27.9 Å². The highest BCUT2D eigenvalue weighted by atomic mass is 16.5. The Kier molecular flexibility index (Phi) is 3.22. The van der Waals surface area contributed by atoms with Gasteiger partial charge in [-0.3, -0.25) is 0 Å². The van der Waals surface area contributed by atoms with Crippen molar-refractivity contribution in [2.45, 2.75) is 0 Å². The molecular weight excluding hydrogens is 384 g/mol. The quantitative estimate of drug-likeness (QED) is 0.215. The van der Waals surface area contributed by atoms with Crippen LogP contribution in [0.2, 0.25) is 0 Å². The Bertz CT molecular complexity index is 1480. The molecule has 0 aromatic heterocycles. The Morgan fingerprint density at radius 3 is 1.43 bits per heavy atom. The van der Waals surface area contributed by atoms with Gasteiger partial charge in [-0.2, -0.15) is 0 Å². The number of hydrogen-bond donors (Lipinski definition) is 0. The fourth-order valence-corrected chi connectivity index (χ4v) is 4.37. The van der Waals surface area contributed by atoms with Crippen molar-refractivity contribution in [3.05, 3.63) is 59.7 Å². The number of carbonyl (C=O) groups excluding carboxylic acids is 2. The largest absolute Gasteiger partial charge is 0.465 e. The zero-order valence-electron chi connectivity index (χ0n) is 16.1. The van der Waals surface area contributed by atoms with E-state index >= 15 is 0 Å². The summed E-state index contributed by atoms with van der Waals surface area (Å²) in [5.41, 5.74) is 4.44. The number of benzene rings is 4. The third-order valence-electron chi connectivity index (χ3n) is 5.69. The molecule has 4 aromatic rings. The van der Waals surface area contributed by atoms with Gasteiger partial charge in [0.15, 0.2) is 11.2 Å². The molecule has 0 spiro atoms. The molecular formula is C24H14O6. The normalized spacial score (nSPS) is 11.9. The molecule has 146 valence electrons. The van der Waals surface area contributed by atoms with Crippen LogP contribution in [0.5, 0.6) is 0 Å². The van der Waals surface area contributed by atoms with Crippen LogP contribution < -0.4 is 0 Å². The van der Waals surface area contributed by atoms with Crippen molar-refractivity contribution in [1.82, 2.24) is 0 Å². The number of esters is 2. The molecule has 2 heterocycles. The molecule has 6 heteroatoms. The molecule has 0 radical (unpaired) electrons. The highest BCUT2D eigenvalue weighted by Gasteiger charge is 2.28. The zero-order chi connectivity index (χ0) is 20.6. The van der Waals surface area contributed by atoms with Gasteiger partial charge in [0.1, 0.15) is 22.3 Å². The van der Waals surface area contributed by atoms with Crippen molar-refractivity contribution in [1.29, 1.82) is 0 Å². The highest BCUT2D eigenvalue weighted by Crippen LogP contribution is 2.49. The lowest BCUT2D eigenvalue weighted by Gasteiger charge is -2.21. The molecule has 6 nitrogen and oxygen atoms in total. The van der Waals surface area contributed by atoms with E-state index < -0.39 is 11.9 Å². The summed E-state index contributed by atoms with van der Waals surface area (Å²) in [6, 6.07) is 14.7. The Hall–Kier alpha value is -4.06. The molecule has 0 saturated carbocycles. The lowest BCUT2D eigenvalue weighted by Crippen LogP contribution is -2.05. The molecule has 0 aliphatic carbocycles. The van der Waals surface area contributed by atoms with E-state index in [0.29, 0.717) is 33.5 Å². The Morgan fingerprint density at radius 1 is 0.633 bits per heavy atom. The van der Waals surface area contributed by atoms with Crippen molar-refractivity contribution in [3.63, 3.8) is 0 Å². The minimum atomic E-state index is -0.473. The lowest BCUT2D eigenvalue weighted by molar-refractivity contribution is 0.0592. The average molecular weight is 398 g/mol. The van der Waals surface area contributed by atoms with Crippen molar-refractivity contribution in [3.8, 4) is 11.1 Å². The van der Waals surface area contributed by atoms with Crippen LogP contribution in [-0.4, -0.2) is 26.2 Å². The van der Waals surface area contributed by atoms with E-state index in [0.717, 1.165) is 32.7 Å². The van der Waals surface area contributed by atoms with Crippen molar-refractivity contribution in [2.24, 2.45) is 0 Å². The molecule has 2 aliphatic heterocycles. The first-order valence-electron chi connectivity index (χ1n) is 9.34.